The van der Waals surface area contributed by atoms with E-state index in [0.29, 0.717) is 12.4 Å². The van der Waals surface area contributed by atoms with Crippen LogP contribution in [0.5, 0.6) is 5.75 Å². The predicted molar refractivity (Wildman–Crippen MR) is 71.4 cm³/mol. The summed E-state index contributed by atoms with van der Waals surface area (Å²) in [6, 6.07) is 8.01. The number of hydrogen-bond donors (Lipinski definition) is 1. The summed E-state index contributed by atoms with van der Waals surface area (Å²) in [5, 5.41) is 3.07. The van der Waals surface area contributed by atoms with Crippen LogP contribution in [0.1, 0.15) is 12.6 Å². The van der Waals surface area contributed by atoms with E-state index in [4.69, 9.17) is 4.74 Å². The molecule has 1 heterocycles. The van der Waals surface area contributed by atoms with Crippen LogP contribution in [0.4, 0.5) is 0 Å². The third kappa shape index (κ3) is 2.57. The van der Waals surface area contributed by atoms with E-state index in [0.717, 1.165) is 22.0 Å². The second kappa shape index (κ2) is 5.37. The molecular formula is C12H13NOS2. The second-order valence-corrected chi connectivity index (χ2v) is 4.43. The maximum Gasteiger partial charge on any atom is 0.123 e. The summed E-state index contributed by atoms with van der Waals surface area (Å²) < 4.78 is 5.39. The van der Waals surface area contributed by atoms with E-state index in [1.54, 1.807) is 11.3 Å². The fourth-order valence-corrected chi connectivity index (χ4v) is 2.48. The molecule has 0 amide bonds. The average Bonchev–Trinajstić information content (AvgIpc) is 2.79. The highest BCUT2D eigenvalue weighted by Crippen LogP contribution is 2.26. The van der Waals surface area contributed by atoms with Gasteiger partial charge in [-0.2, -0.15) is 12.6 Å². The molecule has 2 rings (SSSR count). The van der Waals surface area contributed by atoms with Gasteiger partial charge >= 0.3 is 0 Å². The van der Waals surface area contributed by atoms with Crippen molar-refractivity contribution in [2.45, 2.75) is 12.7 Å². The lowest BCUT2D eigenvalue weighted by atomic mass is 10.2. The molecule has 0 radical (unpaired) electrons. The number of benzene rings is 1. The monoisotopic (exact) mass is 251 g/mol. The standard InChI is InChI=1S/C12H13NOS2/c1-2-14-11-5-3-9(4-6-11)12-13-10(7-15)8-16-12/h3-6,8,15H,2,7H2,1H3. The van der Waals surface area contributed by atoms with E-state index in [1.807, 2.05) is 36.6 Å². The Bertz CT molecular complexity index is 450. The Morgan fingerprint density at radius 1 is 1.31 bits per heavy atom. The van der Waals surface area contributed by atoms with Crippen LogP contribution in [0.15, 0.2) is 29.6 Å². The van der Waals surface area contributed by atoms with E-state index >= 15 is 0 Å². The van der Waals surface area contributed by atoms with E-state index in [-0.39, 0.29) is 0 Å². The molecule has 0 N–H and O–H groups in total. The van der Waals surface area contributed by atoms with Crippen molar-refractivity contribution in [2.75, 3.05) is 6.61 Å². The van der Waals surface area contributed by atoms with Crippen molar-refractivity contribution in [3.63, 3.8) is 0 Å². The molecule has 0 aliphatic rings. The van der Waals surface area contributed by atoms with Crippen molar-refractivity contribution in [2.24, 2.45) is 0 Å². The minimum absolute atomic E-state index is 0.688. The van der Waals surface area contributed by atoms with Crippen LogP contribution in [0.3, 0.4) is 0 Å². The molecule has 0 aliphatic carbocycles. The van der Waals surface area contributed by atoms with Crippen molar-refractivity contribution < 1.29 is 4.74 Å². The molecule has 2 aromatic rings. The molecule has 16 heavy (non-hydrogen) atoms. The van der Waals surface area contributed by atoms with Gasteiger partial charge in [0.1, 0.15) is 10.8 Å². The van der Waals surface area contributed by atoms with Gasteiger partial charge in [-0.1, -0.05) is 0 Å². The van der Waals surface area contributed by atoms with Gasteiger partial charge in [0.15, 0.2) is 0 Å². The molecule has 4 heteroatoms. The lowest BCUT2D eigenvalue weighted by molar-refractivity contribution is 0.340. The second-order valence-electron chi connectivity index (χ2n) is 3.26. The first kappa shape index (κ1) is 11.5. The maximum atomic E-state index is 5.39. The Hall–Kier alpha value is -1.00. The van der Waals surface area contributed by atoms with Crippen molar-refractivity contribution in [1.29, 1.82) is 0 Å². The highest BCUT2D eigenvalue weighted by Gasteiger charge is 2.03. The van der Waals surface area contributed by atoms with Crippen molar-refractivity contribution >= 4 is 24.0 Å². The Labute approximate surface area is 105 Å². The summed E-state index contributed by atoms with van der Waals surface area (Å²) in [6.45, 7) is 2.67. The fourth-order valence-electron chi connectivity index (χ4n) is 1.37. The van der Waals surface area contributed by atoms with Crippen LogP contribution < -0.4 is 4.74 Å². The lowest BCUT2D eigenvalue weighted by Crippen LogP contribution is -1.90. The number of ether oxygens (including phenoxy) is 1. The van der Waals surface area contributed by atoms with Crippen LogP contribution >= 0.6 is 24.0 Å². The Kier molecular flexibility index (Phi) is 3.85. The summed E-state index contributed by atoms with van der Waals surface area (Å²) in [4.78, 5) is 4.48. The number of hydrogen-bond acceptors (Lipinski definition) is 4. The van der Waals surface area contributed by atoms with Crippen LogP contribution in [-0.4, -0.2) is 11.6 Å². The molecule has 0 unspecified atom stereocenters. The van der Waals surface area contributed by atoms with Crippen LogP contribution in [0, 0.1) is 0 Å². The van der Waals surface area contributed by atoms with E-state index < -0.39 is 0 Å². The topological polar surface area (TPSA) is 22.1 Å². The zero-order chi connectivity index (χ0) is 11.4. The molecule has 84 valence electrons. The van der Waals surface area contributed by atoms with Gasteiger partial charge in [0.05, 0.1) is 12.3 Å². The van der Waals surface area contributed by atoms with Crippen molar-refractivity contribution in [3.8, 4) is 16.3 Å². The van der Waals surface area contributed by atoms with Gasteiger partial charge in [-0.15, -0.1) is 11.3 Å². The van der Waals surface area contributed by atoms with Crippen molar-refractivity contribution in [1.82, 2.24) is 4.98 Å². The summed E-state index contributed by atoms with van der Waals surface area (Å²) in [7, 11) is 0. The van der Waals surface area contributed by atoms with Crippen LogP contribution in [0.25, 0.3) is 10.6 Å². The first-order chi connectivity index (χ1) is 7.83. The number of nitrogens with zero attached hydrogens (tertiary/aromatic N) is 1. The van der Waals surface area contributed by atoms with E-state index in [2.05, 4.69) is 17.6 Å². The average molecular weight is 251 g/mol. The normalized spacial score (nSPS) is 10.4. The minimum atomic E-state index is 0.688. The molecule has 0 saturated carbocycles. The van der Waals surface area contributed by atoms with Crippen molar-refractivity contribution in [3.05, 3.63) is 35.3 Å². The molecule has 0 saturated heterocycles. The smallest absolute Gasteiger partial charge is 0.123 e. The molecule has 1 aromatic heterocycles. The Morgan fingerprint density at radius 3 is 2.62 bits per heavy atom. The minimum Gasteiger partial charge on any atom is -0.494 e. The summed E-state index contributed by atoms with van der Waals surface area (Å²) >= 11 is 5.85. The van der Waals surface area contributed by atoms with Gasteiger partial charge in [-0.3, -0.25) is 0 Å². The summed E-state index contributed by atoms with van der Waals surface area (Å²) in [6.07, 6.45) is 0. The zero-order valence-corrected chi connectivity index (χ0v) is 10.7. The third-order valence-corrected chi connectivity index (χ3v) is 3.39. The van der Waals surface area contributed by atoms with Gasteiger partial charge in [0, 0.05) is 16.7 Å². The molecule has 0 fully saturated rings. The number of aromatic nitrogens is 1. The molecule has 0 spiro atoms. The molecule has 2 nitrogen and oxygen atoms in total. The quantitative estimate of drug-likeness (QED) is 0.838. The molecular weight excluding hydrogens is 238 g/mol. The number of thiol groups is 1. The van der Waals surface area contributed by atoms with Crippen LogP contribution in [-0.2, 0) is 5.75 Å². The first-order valence-electron chi connectivity index (χ1n) is 5.12. The maximum absolute atomic E-state index is 5.39. The lowest BCUT2D eigenvalue weighted by Gasteiger charge is -2.02. The van der Waals surface area contributed by atoms with Gasteiger partial charge in [0.25, 0.3) is 0 Å². The number of thiazole rings is 1. The highest BCUT2D eigenvalue weighted by atomic mass is 32.1. The largest absolute Gasteiger partial charge is 0.494 e. The molecule has 0 aliphatic heterocycles. The van der Waals surface area contributed by atoms with Crippen LogP contribution in [0.2, 0.25) is 0 Å². The van der Waals surface area contributed by atoms with E-state index in [9.17, 15) is 0 Å². The first-order valence-corrected chi connectivity index (χ1v) is 6.63. The number of rotatable bonds is 4. The predicted octanol–water partition coefficient (Wildman–Crippen LogP) is 3.64. The molecule has 1 aromatic carbocycles. The molecule has 0 atom stereocenters. The van der Waals surface area contributed by atoms with Gasteiger partial charge in [-0.25, -0.2) is 4.98 Å². The van der Waals surface area contributed by atoms with Gasteiger partial charge < -0.3 is 4.74 Å². The van der Waals surface area contributed by atoms with E-state index in [1.165, 1.54) is 0 Å². The SMILES string of the molecule is CCOc1ccc(-c2nc(CS)cs2)cc1. The summed E-state index contributed by atoms with van der Waals surface area (Å²) in [5.41, 5.74) is 2.15. The summed E-state index contributed by atoms with van der Waals surface area (Å²) in [5.74, 6) is 1.59. The molecule has 0 bridgehead atoms. The Morgan fingerprint density at radius 2 is 2.06 bits per heavy atom. The fraction of sp³-hybridized carbons (Fsp3) is 0.250. The zero-order valence-electron chi connectivity index (χ0n) is 9.01. The third-order valence-electron chi connectivity index (χ3n) is 2.13. The van der Waals surface area contributed by atoms with Gasteiger partial charge in [-0.05, 0) is 31.2 Å². The highest BCUT2D eigenvalue weighted by molar-refractivity contribution is 7.79. The van der Waals surface area contributed by atoms with Gasteiger partial charge in [0.2, 0.25) is 0 Å². The Balaban J connectivity index is 2.20.